The molecule has 10 nitrogen and oxygen atoms in total. The molecule has 3 aromatic rings. The number of carbonyl (C=O) groups excluding carboxylic acids is 2. The van der Waals surface area contributed by atoms with Gasteiger partial charge in [0.05, 0.1) is 11.0 Å². The Morgan fingerprint density at radius 1 is 1.13 bits per heavy atom. The molecule has 0 saturated carbocycles. The lowest BCUT2D eigenvalue weighted by atomic mass is 10.2. The lowest BCUT2D eigenvalue weighted by Gasteiger charge is -2.12. The Bertz CT molecular complexity index is 1320. The van der Waals surface area contributed by atoms with Crippen LogP contribution in [-0.4, -0.2) is 37.0 Å². The predicted octanol–water partition coefficient (Wildman–Crippen LogP) is 0.461. The third-order valence-electron chi connectivity index (χ3n) is 4.55. The molecule has 1 aromatic carbocycles. The van der Waals surface area contributed by atoms with Gasteiger partial charge in [-0.3, -0.25) is 23.5 Å². The van der Waals surface area contributed by atoms with E-state index in [2.05, 4.69) is 4.98 Å². The first-order valence-corrected chi connectivity index (χ1v) is 8.70. The number of para-hydroxylation sites is 2. The maximum Gasteiger partial charge on any atom is 0.449 e. The van der Waals surface area contributed by atoms with Crippen molar-refractivity contribution in [2.75, 3.05) is 12.3 Å². The number of nitrogen functional groups attached to an aromatic ring is 1. The van der Waals surface area contributed by atoms with Crippen LogP contribution in [0.3, 0.4) is 0 Å². The molecular weight excluding hydrogens is 423 g/mol. The molecule has 2 aromatic heterocycles. The van der Waals surface area contributed by atoms with Gasteiger partial charge in [-0.25, -0.2) is 9.78 Å². The molecule has 0 fully saturated rings. The Kier molecular flexibility index (Phi) is 5.44. The molecule has 13 heteroatoms. The number of benzene rings is 1. The van der Waals surface area contributed by atoms with Gasteiger partial charge in [0.25, 0.3) is 5.56 Å². The molecular formula is C18H16F3N5O5. The van der Waals surface area contributed by atoms with E-state index >= 15 is 0 Å². The molecule has 164 valence electrons. The average Bonchev–Trinajstić information content (AvgIpc) is 3.08. The minimum atomic E-state index is -4.83. The fourth-order valence-electron chi connectivity index (χ4n) is 2.97. The first-order valence-electron chi connectivity index (χ1n) is 8.70. The van der Waals surface area contributed by atoms with Crippen molar-refractivity contribution in [3.8, 4) is 0 Å². The standard InChI is InChI=1S/C18H16F3N5O5/c1-24-14(22)13(15(29)25(2)17(24)30)11(27)8-31-12(28)7-26-10-6-4-3-5-9(10)23-16(26)18(19,20)21/h3-6H,7-8,22H2,1-2H3. The largest absolute Gasteiger partial charge is 0.456 e. The number of halogens is 3. The van der Waals surface area contributed by atoms with Crippen LogP contribution in [0.4, 0.5) is 19.0 Å². The molecule has 0 aliphatic heterocycles. The lowest BCUT2D eigenvalue weighted by molar-refractivity contribution is -0.150. The number of imidazole rings is 1. The number of aromatic nitrogens is 4. The van der Waals surface area contributed by atoms with Crippen LogP contribution in [0.1, 0.15) is 16.2 Å². The van der Waals surface area contributed by atoms with E-state index in [-0.39, 0.29) is 11.0 Å². The Morgan fingerprint density at radius 2 is 1.77 bits per heavy atom. The normalized spacial score (nSPS) is 11.6. The monoisotopic (exact) mass is 439 g/mol. The smallest absolute Gasteiger partial charge is 0.449 e. The number of hydrogen-bond donors (Lipinski definition) is 1. The van der Waals surface area contributed by atoms with Crippen LogP contribution < -0.4 is 17.0 Å². The maximum atomic E-state index is 13.3. The first-order chi connectivity index (χ1) is 14.4. The second kappa shape index (κ2) is 7.74. The molecule has 0 spiro atoms. The molecule has 0 saturated heterocycles. The average molecular weight is 439 g/mol. The van der Waals surface area contributed by atoms with Crippen LogP contribution in [0.25, 0.3) is 11.0 Å². The zero-order valence-electron chi connectivity index (χ0n) is 16.3. The number of esters is 1. The molecule has 0 atom stereocenters. The van der Waals surface area contributed by atoms with E-state index in [0.29, 0.717) is 9.13 Å². The van der Waals surface area contributed by atoms with Crippen molar-refractivity contribution >= 4 is 28.6 Å². The quantitative estimate of drug-likeness (QED) is 0.451. The summed E-state index contributed by atoms with van der Waals surface area (Å²) in [6, 6.07) is 5.68. The number of Topliss-reactive ketones (excluding diaryl/α,β-unsaturated/α-hetero) is 1. The topological polar surface area (TPSA) is 131 Å². The van der Waals surface area contributed by atoms with Crippen LogP contribution in [0.5, 0.6) is 0 Å². The summed E-state index contributed by atoms with van der Waals surface area (Å²) in [5.41, 5.74) is 3.42. The molecule has 0 unspecified atom stereocenters. The summed E-state index contributed by atoms with van der Waals surface area (Å²) in [6.07, 6.45) is -4.83. The summed E-state index contributed by atoms with van der Waals surface area (Å²) < 4.78 is 46.8. The lowest BCUT2D eigenvalue weighted by Crippen LogP contribution is -2.42. The van der Waals surface area contributed by atoms with Crippen LogP contribution in [0, 0.1) is 0 Å². The van der Waals surface area contributed by atoms with E-state index in [1.807, 2.05) is 0 Å². The van der Waals surface area contributed by atoms with Gasteiger partial charge >= 0.3 is 17.8 Å². The third kappa shape index (κ3) is 3.93. The van der Waals surface area contributed by atoms with Crippen molar-refractivity contribution in [1.82, 2.24) is 18.7 Å². The number of anilines is 1. The Morgan fingerprint density at radius 3 is 2.42 bits per heavy atom. The minimum absolute atomic E-state index is 0.0279. The van der Waals surface area contributed by atoms with E-state index in [1.54, 1.807) is 0 Å². The van der Waals surface area contributed by atoms with Crippen LogP contribution in [0.15, 0.2) is 33.9 Å². The van der Waals surface area contributed by atoms with Crippen LogP contribution >= 0.6 is 0 Å². The first kappa shape index (κ1) is 21.8. The summed E-state index contributed by atoms with van der Waals surface area (Å²) in [5.74, 6) is -3.89. The van der Waals surface area contributed by atoms with Gasteiger partial charge in [-0.05, 0) is 12.1 Å². The molecule has 0 radical (unpaired) electrons. The van der Waals surface area contributed by atoms with Crippen molar-refractivity contribution in [3.05, 3.63) is 56.5 Å². The third-order valence-corrected chi connectivity index (χ3v) is 4.55. The van der Waals surface area contributed by atoms with Crippen molar-refractivity contribution in [3.63, 3.8) is 0 Å². The number of fused-ring (bicyclic) bond motifs is 1. The highest BCUT2D eigenvalue weighted by atomic mass is 19.4. The number of hydrogen-bond acceptors (Lipinski definition) is 7. The fraction of sp³-hybridized carbons (Fsp3) is 0.278. The van der Waals surface area contributed by atoms with Crippen molar-refractivity contribution in [2.24, 2.45) is 14.1 Å². The van der Waals surface area contributed by atoms with E-state index < -0.39 is 59.5 Å². The van der Waals surface area contributed by atoms with Crippen molar-refractivity contribution < 1.29 is 27.5 Å². The van der Waals surface area contributed by atoms with Gasteiger partial charge in [0.2, 0.25) is 11.6 Å². The summed E-state index contributed by atoms with van der Waals surface area (Å²) in [6.45, 7) is -1.83. The number of nitrogens with zero attached hydrogens (tertiary/aromatic N) is 4. The summed E-state index contributed by atoms with van der Waals surface area (Å²) >= 11 is 0. The van der Waals surface area contributed by atoms with E-state index in [9.17, 15) is 32.3 Å². The number of alkyl halides is 3. The summed E-state index contributed by atoms with van der Waals surface area (Å²) in [5, 5.41) is 0. The van der Waals surface area contributed by atoms with Gasteiger partial charge in [-0.1, -0.05) is 12.1 Å². The number of rotatable bonds is 5. The molecule has 3 rings (SSSR count). The van der Waals surface area contributed by atoms with E-state index in [0.717, 1.165) is 11.6 Å². The van der Waals surface area contributed by atoms with Gasteiger partial charge in [-0.15, -0.1) is 0 Å². The number of ether oxygens (including phenoxy) is 1. The number of nitrogens with two attached hydrogens (primary N) is 1. The zero-order valence-corrected chi connectivity index (χ0v) is 16.3. The van der Waals surface area contributed by atoms with Crippen LogP contribution in [0.2, 0.25) is 0 Å². The minimum Gasteiger partial charge on any atom is -0.456 e. The van der Waals surface area contributed by atoms with E-state index in [4.69, 9.17) is 10.5 Å². The molecule has 0 aliphatic rings. The Labute approximate surface area is 171 Å². The second-order valence-corrected chi connectivity index (χ2v) is 6.56. The maximum absolute atomic E-state index is 13.3. The van der Waals surface area contributed by atoms with Crippen molar-refractivity contribution in [2.45, 2.75) is 12.7 Å². The van der Waals surface area contributed by atoms with E-state index in [1.165, 1.54) is 31.3 Å². The zero-order chi connectivity index (χ0) is 23.1. The highest BCUT2D eigenvalue weighted by molar-refractivity contribution is 6.01. The van der Waals surface area contributed by atoms with Gasteiger partial charge in [-0.2, -0.15) is 13.2 Å². The molecule has 0 aliphatic carbocycles. The second-order valence-electron chi connectivity index (χ2n) is 6.56. The van der Waals surface area contributed by atoms with Gasteiger partial charge < -0.3 is 15.0 Å². The SMILES string of the molecule is Cn1c(N)c(C(=O)COC(=O)Cn2c(C(F)(F)F)nc3ccccc32)c(=O)n(C)c1=O. The van der Waals surface area contributed by atoms with Gasteiger partial charge in [0, 0.05) is 14.1 Å². The summed E-state index contributed by atoms with van der Waals surface area (Å²) in [7, 11) is 2.37. The Hall–Kier alpha value is -3.90. The molecule has 0 amide bonds. The van der Waals surface area contributed by atoms with Gasteiger partial charge in [0.15, 0.2) is 6.61 Å². The fourth-order valence-corrected chi connectivity index (χ4v) is 2.97. The molecule has 31 heavy (non-hydrogen) atoms. The predicted molar refractivity (Wildman–Crippen MR) is 101 cm³/mol. The molecule has 2 N–H and O–H groups in total. The summed E-state index contributed by atoms with van der Waals surface area (Å²) in [4.78, 5) is 52.0. The molecule has 2 heterocycles. The Balaban J connectivity index is 1.83. The molecule has 0 bridgehead atoms. The van der Waals surface area contributed by atoms with Gasteiger partial charge in [0.1, 0.15) is 17.9 Å². The number of carbonyl (C=O) groups is 2. The van der Waals surface area contributed by atoms with Crippen LogP contribution in [-0.2, 0) is 36.3 Å². The van der Waals surface area contributed by atoms with Crippen molar-refractivity contribution in [1.29, 1.82) is 0 Å². The highest BCUT2D eigenvalue weighted by Crippen LogP contribution is 2.31. The highest BCUT2D eigenvalue weighted by Gasteiger charge is 2.38. The number of ketones is 1.